The van der Waals surface area contributed by atoms with E-state index in [4.69, 9.17) is 11.6 Å². The fraction of sp³-hybridized carbons (Fsp3) is 0.375. The predicted molar refractivity (Wildman–Crippen MR) is 51.2 cm³/mol. The molecular formula is C8H7BrClF2N. The Balaban J connectivity index is 3.27. The highest BCUT2D eigenvalue weighted by molar-refractivity contribution is 9.10. The van der Waals surface area contributed by atoms with E-state index in [1.807, 2.05) is 0 Å². The van der Waals surface area contributed by atoms with Gasteiger partial charge in [-0.15, -0.1) is 11.6 Å². The summed E-state index contributed by atoms with van der Waals surface area (Å²) < 4.78 is 25.3. The lowest BCUT2D eigenvalue weighted by Gasteiger charge is -2.08. The van der Waals surface area contributed by atoms with Gasteiger partial charge in [-0.2, -0.15) is 0 Å². The lowest BCUT2D eigenvalue weighted by Crippen LogP contribution is -1.98. The van der Waals surface area contributed by atoms with E-state index in [-0.39, 0.29) is 11.4 Å². The van der Waals surface area contributed by atoms with E-state index < -0.39 is 6.43 Å². The molecule has 0 bridgehead atoms. The van der Waals surface area contributed by atoms with Gasteiger partial charge >= 0.3 is 0 Å². The van der Waals surface area contributed by atoms with Crippen molar-refractivity contribution in [3.8, 4) is 0 Å². The Morgan fingerprint density at radius 3 is 2.69 bits per heavy atom. The summed E-state index contributed by atoms with van der Waals surface area (Å²) in [5.41, 5.74) is 0.942. The van der Waals surface area contributed by atoms with Gasteiger partial charge in [-0.25, -0.2) is 13.8 Å². The third-order valence-corrected chi connectivity index (χ3v) is 2.40. The summed E-state index contributed by atoms with van der Waals surface area (Å²) in [6.07, 6.45) is -2.48. The van der Waals surface area contributed by atoms with Crippen molar-refractivity contribution in [2.24, 2.45) is 0 Å². The number of rotatable bonds is 2. The van der Waals surface area contributed by atoms with E-state index in [2.05, 4.69) is 20.9 Å². The molecule has 0 N–H and O–H groups in total. The first-order chi connectivity index (χ1) is 6.06. The maximum Gasteiger partial charge on any atom is 0.264 e. The Morgan fingerprint density at radius 2 is 2.23 bits per heavy atom. The summed E-state index contributed by atoms with van der Waals surface area (Å²) in [6.45, 7) is 1.60. The summed E-state index contributed by atoms with van der Waals surface area (Å²) in [7, 11) is 0. The van der Waals surface area contributed by atoms with Crippen LogP contribution in [-0.2, 0) is 5.88 Å². The standard InChI is InChI=1S/C8H7BrClF2N/c1-4-5(8(11)12)2-7(9)13-6(4)3-10/h2,8H,3H2,1H3. The number of hydrogen-bond acceptors (Lipinski definition) is 1. The van der Waals surface area contributed by atoms with Gasteiger partial charge in [-0.3, -0.25) is 0 Å². The van der Waals surface area contributed by atoms with Crippen LogP contribution < -0.4 is 0 Å². The number of nitrogens with zero attached hydrogens (tertiary/aromatic N) is 1. The molecule has 1 aromatic rings. The van der Waals surface area contributed by atoms with E-state index in [0.717, 1.165) is 0 Å². The van der Waals surface area contributed by atoms with E-state index in [1.54, 1.807) is 6.92 Å². The number of pyridine rings is 1. The van der Waals surface area contributed by atoms with Crippen molar-refractivity contribution < 1.29 is 8.78 Å². The molecule has 0 radical (unpaired) electrons. The highest BCUT2D eigenvalue weighted by Crippen LogP contribution is 2.27. The number of aromatic nitrogens is 1. The highest BCUT2D eigenvalue weighted by atomic mass is 79.9. The average Bonchev–Trinajstić information content (AvgIpc) is 2.08. The molecule has 0 aliphatic heterocycles. The summed E-state index contributed by atoms with van der Waals surface area (Å²) >= 11 is 8.61. The van der Waals surface area contributed by atoms with Crippen LogP contribution in [0.25, 0.3) is 0 Å². The third-order valence-electron chi connectivity index (χ3n) is 1.74. The molecule has 0 amide bonds. The monoisotopic (exact) mass is 269 g/mol. The summed E-state index contributed by atoms with van der Waals surface area (Å²) in [4.78, 5) is 3.99. The fourth-order valence-electron chi connectivity index (χ4n) is 1.00. The van der Waals surface area contributed by atoms with Gasteiger partial charge in [0.1, 0.15) is 4.60 Å². The van der Waals surface area contributed by atoms with Crippen molar-refractivity contribution in [3.63, 3.8) is 0 Å². The minimum Gasteiger partial charge on any atom is -0.244 e. The maximum atomic E-state index is 12.4. The zero-order valence-electron chi connectivity index (χ0n) is 6.82. The van der Waals surface area contributed by atoms with Crippen LogP contribution in [0.3, 0.4) is 0 Å². The van der Waals surface area contributed by atoms with Crippen molar-refractivity contribution in [1.29, 1.82) is 0 Å². The van der Waals surface area contributed by atoms with Gasteiger partial charge in [0.2, 0.25) is 0 Å². The zero-order valence-corrected chi connectivity index (χ0v) is 9.16. The molecular weight excluding hydrogens is 263 g/mol. The first kappa shape index (κ1) is 10.9. The SMILES string of the molecule is Cc1c(C(F)F)cc(Br)nc1CCl. The van der Waals surface area contributed by atoms with Crippen LogP contribution in [0, 0.1) is 6.92 Å². The third kappa shape index (κ3) is 2.38. The Hall–Kier alpha value is -0.220. The minimum absolute atomic E-state index is 0.0162. The molecule has 72 valence electrons. The van der Waals surface area contributed by atoms with Crippen LogP contribution in [0.2, 0.25) is 0 Å². The largest absolute Gasteiger partial charge is 0.264 e. The first-order valence-electron chi connectivity index (χ1n) is 3.56. The molecule has 0 aliphatic carbocycles. The molecule has 1 heterocycles. The van der Waals surface area contributed by atoms with Crippen molar-refractivity contribution in [3.05, 3.63) is 27.5 Å². The summed E-state index contributed by atoms with van der Waals surface area (Å²) in [5, 5.41) is 0. The Labute approximate surface area is 88.2 Å². The molecule has 13 heavy (non-hydrogen) atoms. The number of alkyl halides is 3. The summed E-state index contributed by atoms with van der Waals surface area (Å²) in [6, 6.07) is 1.32. The number of halogens is 4. The van der Waals surface area contributed by atoms with Gasteiger partial charge in [0.15, 0.2) is 0 Å². The van der Waals surface area contributed by atoms with Crippen LogP contribution in [0.1, 0.15) is 23.2 Å². The molecule has 0 aromatic carbocycles. The van der Waals surface area contributed by atoms with Crippen LogP contribution in [-0.4, -0.2) is 4.98 Å². The van der Waals surface area contributed by atoms with E-state index >= 15 is 0 Å². The van der Waals surface area contributed by atoms with Crippen molar-refractivity contribution >= 4 is 27.5 Å². The molecule has 0 aliphatic rings. The lowest BCUT2D eigenvalue weighted by atomic mass is 10.1. The van der Waals surface area contributed by atoms with Gasteiger partial charge < -0.3 is 0 Å². The van der Waals surface area contributed by atoms with Crippen molar-refractivity contribution in [2.75, 3.05) is 0 Å². The zero-order chi connectivity index (χ0) is 10.0. The Bertz CT molecular complexity index is 317. The molecule has 0 saturated heterocycles. The molecule has 1 aromatic heterocycles. The van der Waals surface area contributed by atoms with Gasteiger partial charge in [0.25, 0.3) is 6.43 Å². The maximum absolute atomic E-state index is 12.4. The second kappa shape index (κ2) is 4.33. The smallest absolute Gasteiger partial charge is 0.244 e. The molecule has 0 unspecified atom stereocenters. The van der Waals surface area contributed by atoms with Crippen LogP contribution in [0.5, 0.6) is 0 Å². The Kier molecular flexibility index (Phi) is 3.62. The molecule has 0 fully saturated rings. The lowest BCUT2D eigenvalue weighted by molar-refractivity contribution is 0.150. The predicted octanol–water partition coefficient (Wildman–Crippen LogP) is 3.83. The van der Waals surface area contributed by atoms with Crippen LogP contribution in [0.4, 0.5) is 8.78 Å². The van der Waals surface area contributed by atoms with Crippen molar-refractivity contribution in [2.45, 2.75) is 19.2 Å². The Morgan fingerprint density at radius 1 is 1.62 bits per heavy atom. The second-order valence-corrected chi connectivity index (χ2v) is 3.62. The molecule has 1 nitrogen and oxygen atoms in total. The summed E-state index contributed by atoms with van der Waals surface area (Å²) in [5.74, 6) is 0.144. The molecule has 1 rings (SSSR count). The normalized spacial score (nSPS) is 10.9. The topological polar surface area (TPSA) is 12.9 Å². The van der Waals surface area contributed by atoms with E-state index in [0.29, 0.717) is 15.9 Å². The average molecular weight is 271 g/mol. The van der Waals surface area contributed by atoms with Gasteiger partial charge in [-0.05, 0) is 34.5 Å². The molecule has 5 heteroatoms. The van der Waals surface area contributed by atoms with E-state index in [9.17, 15) is 8.78 Å². The second-order valence-electron chi connectivity index (χ2n) is 2.54. The molecule has 0 atom stereocenters. The fourth-order valence-corrected chi connectivity index (χ4v) is 1.73. The minimum atomic E-state index is -2.48. The quantitative estimate of drug-likeness (QED) is 0.588. The number of hydrogen-bond donors (Lipinski definition) is 0. The van der Waals surface area contributed by atoms with Gasteiger partial charge in [-0.1, -0.05) is 0 Å². The van der Waals surface area contributed by atoms with E-state index in [1.165, 1.54) is 6.07 Å². The van der Waals surface area contributed by atoms with Gasteiger partial charge in [0.05, 0.1) is 11.6 Å². The van der Waals surface area contributed by atoms with Crippen LogP contribution in [0.15, 0.2) is 10.7 Å². The molecule has 0 saturated carbocycles. The van der Waals surface area contributed by atoms with Crippen LogP contribution >= 0.6 is 27.5 Å². The van der Waals surface area contributed by atoms with Crippen molar-refractivity contribution in [1.82, 2.24) is 4.98 Å². The molecule has 0 spiro atoms. The highest BCUT2D eigenvalue weighted by Gasteiger charge is 2.14. The van der Waals surface area contributed by atoms with Gasteiger partial charge in [0, 0.05) is 5.56 Å². The first-order valence-corrected chi connectivity index (χ1v) is 4.89.